The third kappa shape index (κ3) is 2.76. The fraction of sp³-hybridized carbons (Fsp3) is 0.176. The fourth-order valence-corrected chi connectivity index (χ4v) is 2.96. The highest BCUT2D eigenvalue weighted by atomic mass is 79.9. The molecule has 2 amide bonds. The largest absolute Gasteiger partial charge is 0.348 e. The Hall–Kier alpha value is -2.14. The third-order valence-corrected chi connectivity index (χ3v) is 4.59. The topological polar surface area (TPSA) is 49.4 Å². The first-order chi connectivity index (χ1) is 10.6. The van der Waals surface area contributed by atoms with E-state index in [-0.39, 0.29) is 11.8 Å². The SMILES string of the molecule is CN1C(=O)Cc2cc(C(=O)NCc3ccccc3Br)ccc21. The second-order valence-corrected chi connectivity index (χ2v) is 6.10. The molecule has 0 aliphatic carbocycles. The van der Waals surface area contributed by atoms with E-state index in [4.69, 9.17) is 0 Å². The van der Waals surface area contributed by atoms with Crippen LogP contribution in [0.1, 0.15) is 21.5 Å². The second-order valence-electron chi connectivity index (χ2n) is 5.25. The van der Waals surface area contributed by atoms with Gasteiger partial charge in [0.05, 0.1) is 6.42 Å². The molecule has 1 aliphatic rings. The summed E-state index contributed by atoms with van der Waals surface area (Å²) in [4.78, 5) is 25.6. The highest BCUT2D eigenvalue weighted by molar-refractivity contribution is 9.10. The maximum Gasteiger partial charge on any atom is 0.251 e. The van der Waals surface area contributed by atoms with E-state index in [1.165, 1.54) is 0 Å². The fourth-order valence-electron chi connectivity index (χ4n) is 2.53. The van der Waals surface area contributed by atoms with Crippen molar-refractivity contribution in [1.82, 2.24) is 5.32 Å². The minimum Gasteiger partial charge on any atom is -0.348 e. The lowest BCUT2D eigenvalue weighted by atomic mass is 10.1. The van der Waals surface area contributed by atoms with Gasteiger partial charge in [0, 0.05) is 29.3 Å². The Kier molecular flexibility index (Phi) is 3.98. The van der Waals surface area contributed by atoms with Crippen LogP contribution in [0.4, 0.5) is 5.69 Å². The molecule has 0 aromatic heterocycles. The summed E-state index contributed by atoms with van der Waals surface area (Å²) in [6.07, 6.45) is 0.358. The molecular weight excluding hydrogens is 344 g/mol. The number of carbonyl (C=O) groups excluding carboxylic acids is 2. The molecule has 1 aliphatic heterocycles. The van der Waals surface area contributed by atoms with Crippen LogP contribution in [0.15, 0.2) is 46.9 Å². The van der Waals surface area contributed by atoms with Gasteiger partial charge < -0.3 is 10.2 Å². The number of halogens is 1. The summed E-state index contributed by atoms with van der Waals surface area (Å²) in [5.41, 5.74) is 3.38. The van der Waals surface area contributed by atoms with Crippen molar-refractivity contribution >= 4 is 33.4 Å². The molecule has 2 aromatic rings. The molecule has 112 valence electrons. The van der Waals surface area contributed by atoms with Crippen molar-refractivity contribution in [2.24, 2.45) is 0 Å². The zero-order valence-corrected chi connectivity index (χ0v) is 13.7. The number of nitrogens with one attached hydrogen (secondary N) is 1. The number of carbonyl (C=O) groups is 2. The van der Waals surface area contributed by atoms with Crippen molar-refractivity contribution in [2.75, 3.05) is 11.9 Å². The average Bonchev–Trinajstić information content (AvgIpc) is 2.80. The van der Waals surface area contributed by atoms with Gasteiger partial charge in [-0.05, 0) is 35.4 Å². The summed E-state index contributed by atoms with van der Waals surface area (Å²) in [5, 5.41) is 2.90. The van der Waals surface area contributed by atoms with E-state index in [1.54, 1.807) is 24.1 Å². The molecule has 0 bridgehead atoms. The van der Waals surface area contributed by atoms with Gasteiger partial charge in [0.2, 0.25) is 5.91 Å². The Labute approximate surface area is 137 Å². The van der Waals surface area contributed by atoms with Crippen molar-refractivity contribution in [3.05, 3.63) is 63.6 Å². The van der Waals surface area contributed by atoms with E-state index in [9.17, 15) is 9.59 Å². The quantitative estimate of drug-likeness (QED) is 0.916. The van der Waals surface area contributed by atoms with Gasteiger partial charge in [0.1, 0.15) is 0 Å². The number of anilines is 1. The van der Waals surface area contributed by atoms with E-state index >= 15 is 0 Å². The normalized spacial score (nSPS) is 13.2. The lowest BCUT2D eigenvalue weighted by molar-refractivity contribution is -0.117. The van der Waals surface area contributed by atoms with E-state index in [0.717, 1.165) is 21.3 Å². The van der Waals surface area contributed by atoms with Crippen LogP contribution in [0.25, 0.3) is 0 Å². The first kappa shape index (κ1) is 14.8. The summed E-state index contributed by atoms with van der Waals surface area (Å²) in [7, 11) is 1.75. The number of nitrogens with zero attached hydrogens (tertiary/aromatic N) is 1. The van der Waals surface area contributed by atoms with Crippen LogP contribution >= 0.6 is 15.9 Å². The minimum atomic E-state index is -0.138. The van der Waals surface area contributed by atoms with E-state index in [0.29, 0.717) is 18.5 Å². The number of likely N-dealkylation sites (N-methyl/N-ethyl adjacent to an activating group) is 1. The Balaban J connectivity index is 1.73. The minimum absolute atomic E-state index is 0.0563. The Bertz CT molecular complexity index is 758. The number of rotatable bonds is 3. The van der Waals surface area contributed by atoms with Gasteiger partial charge >= 0.3 is 0 Å². The van der Waals surface area contributed by atoms with Gasteiger partial charge in [0.15, 0.2) is 0 Å². The van der Waals surface area contributed by atoms with Gasteiger partial charge in [-0.25, -0.2) is 0 Å². The number of amides is 2. The van der Waals surface area contributed by atoms with Crippen LogP contribution in [0.5, 0.6) is 0 Å². The molecule has 0 fully saturated rings. The average molecular weight is 359 g/mol. The van der Waals surface area contributed by atoms with Crippen molar-refractivity contribution in [2.45, 2.75) is 13.0 Å². The van der Waals surface area contributed by atoms with Crippen LogP contribution < -0.4 is 10.2 Å². The van der Waals surface area contributed by atoms with Gasteiger partial charge in [-0.1, -0.05) is 34.1 Å². The summed E-state index contributed by atoms with van der Waals surface area (Å²) in [6.45, 7) is 0.455. The van der Waals surface area contributed by atoms with Crippen LogP contribution in [0.3, 0.4) is 0 Å². The van der Waals surface area contributed by atoms with Crippen LogP contribution in [0.2, 0.25) is 0 Å². The molecule has 4 nitrogen and oxygen atoms in total. The molecule has 1 N–H and O–H groups in total. The predicted molar refractivity (Wildman–Crippen MR) is 88.9 cm³/mol. The molecule has 1 heterocycles. The molecule has 3 rings (SSSR count). The van der Waals surface area contributed by atoms with Crippen molar-refractivity contribution in [1.29, 1.82) is 0 Å². The molecule has 22 heavy (non-hydrogen) atoms. The summed E-state index contributed by atoms with van der Waals surface area (Å²) in [6, 6.07) is 13.1. The molecule has 0 atom stereocenters. The molecule has 0 spiro atoms. The number of fused-ring (bicyclic) bond motifs is 1. The number of hydrogen-bond donors (Lipinski definition) is 1. The molecule has 0 saturated heterocycles. The van der Waals surface area contributed by atoms with Crippen molar-refractivity contribution in [3.63, 3.8) is 0 Å². The van der Waals surface area contributed by atoms with Gasteiger partial charge in [-0.2, -0.15) is 0 Å². The number of hydrogen-bond acceptors (Lipinski definition) is 2. The Morgan fingerprint density at radius 2 is 2.05 bits per heavy atom. The zero-order valence-electron chi connectivity index (χ0n) is 12.1. The van der Waals surface area contributed by atoms with Gasteiger partial charge in [-0.15, -0.1) is 0 Å². The predicted octanol–water partition coefficient (Wildman–Crippen LogP) is 2.90. The third-order valence-electron chi connectivity index (χ3n) is 3.82. The van der Waals surface area contributed by atoms with Crippen LogP contribution in [-0.2, 0) is 17.8 Å². The zero-order chi connectivity index (χ0) is 15.7. The van der Waals surface area contributed by atoms with Crippen molar-refractivity contribution in [3.8, 4) is 0 Å². The van der Waals surface area contributed by atoms with Gasteiger partial charge in [-0.3, -0.25) is 9.59 Å². The maximum atomic E-state index is 12.3. The maximum absolute atomic E-state index is 12.3. The standard InChI is InChI=1S/C17H15BrN2O2/c1-20-15-7-6-11(8-13(15)9-16(20)21)17(22)19-10-12-4-2-3-5-14(12)18/h2-8H,9-10H2,1H3,(H,19,22). The smallest absolute Gasteiger partial charge is 0.251 e. The summed E-state index contributed by atoms with van der Waals surface area (Å²) in [5.74, 6) is -0.0821. The lowest BCUT2D eigenvalue weighted by Crippen LogP contribution is -2.23. The molecule has 5 heteroatoms. The monoisotopic (exact) mass is 358 g/mol. The Morgan fingerprint density at radius 3 is 2.82 bits per heavy atom. The summed E-state index contributed by atoms with van der Waals surface area (Å²) >= 11 is 3.46. The van der Waals surface area contributed by atoms with Crippen LogP contribution in [-0.4, -0.2) is 18.9 Å². The van der Waals surface area contributed by atoms with E-state index in [2.05, 4.69) is 21.2 Å². The lowest BCUT2D eigenvalue weighted by Gasteiger charge is -2.11. The molecule has 0 radical (unpaired) electrons. The van der Waals surface area contributed by atoms with E-state index < -0.39 is 0 Å². The van der Waals surface area contributed by atoms with E-state index in [1.807, 2.05) is 30.3 Å². The molecule has 0 saturated carbocycles. The second kappa shape index (κ2) is 5.93. The molecule has 2 aromatic carbocycles. The first-order valence-corrected chi connectivity index (χ1v) is 7.76. The molecule has 0 unspecified atom stereocenters. The van der Waals surface area contributed by atoms with Crippen molar-refractivity contribution < 1.29 is 9.59 Å². The van der Waals surface area contributed by atoms with Gasteiger partial charge in [0.25, 0.3) is 5.91 Å². The highest BCUT2D eigenvalue weighted by Gasteiger charge is 2.24. The van der Waals surface area contributed by atoms with Crippen LogP contribution in [0, 0.1) is 0 Å². The summed E-state index contributed by atoms with van der Waals surface area (Å²) < 4.78 is 0.969. The molecular formula is C17H15BrN2O2. The Morgan fingerprint density at radius 1 is 1.27 bits per heavy atom. The highest BCUT2D eigenvalue weighted by Crippen LogP contribution is 2.28. The first-order valence-electron chi connectivity index (χ1n) is 6.97. The number of benzene rings is 2.